The van der Waals surface area contributed by atoms with Crippen molar-refractivity contribution in [3.05, 3.63) is 0 Å². The van der Waals surface area contributed by atoms with Crippen LogP contribution >= 0.6 is 0 Å². The maximum atomic E-state index is 12.2. The van der Waals surface area contributed by atoms with E-state index in [0.717, 1.165) is 6.54 Å². The molecule has 1 amide bonds. The van der Waals surface area contributed by atoms with Gasteiger partial charge in [-0.25, -0.2) is 0 Å². The highest BCUT2D eigenvalue weighted by Gasteiger charge is 2.40. The molecular weight excluding hydrogens is 226 g/mol. The summed E-state index contributed by atoms with van der Waals surface area (Å²) in [6.07, 6.45) is 0. The molecule has 0 aromatic rings. The van der Waals surface area contributed by atoms with Gasteiger partial charge in [-0.05, 0) is 47.2 Å². The van der Waals surface area contributed by atoms with Crippen molar-refractivity contribution in [3.8, 4) is 0 Å². The van der Waals surface area contributed by atoms with Crippen LogP contribution in [0.4, 0.5) is 0 Å². The molecule has 4 heteroatoms. The van der Waals surface area contributed by atoms with Crippen molar-refractivity contribution in [3.63, 3.8) is 0 Å². The zero-order valence-electron chi connectivity index (χ0n) is 13.3. The first kappa shape index (κ1) is 17.4. The number of amides is 1. The van der Waals surface area contributed by atoms with Crippen molar-refractivity contribution < 1.29 is 4.79 Å². The molecule has 0 saturated heterocycles. The van der Waals surface area contributed by atoms with Crippen LogP contribution in [0.25, 0.3) is 0 Å². The molecule has 0 fully saturated rings. The molecular formula is C14H31N3O. The summed E-state index contributed by atoms with van der Waals surface area (Å²) in [5.74, 6) is 0.0156. The van der Waals surface area contributed by atoms with Crippen molar-refractivity contribution in [2.75, 3.05) is 27.2 Å². The third-order valence-electron chi connectivity index (χ3n) is 3.65. The van der Waals surface area contributed by atoms with Crippen LogP contribution in [0.2, 0.25) is 0 Å². The van der Waals surface area contributed by atoms with E-state index in [4.69, 9.17) is 5.73 Å². The molecule has 0 aromatic carbocycles. The van der Waals surface area contributed by atoms with Crippen molar-refractivity contribution in [1.82, 2.24) is 10.2 Å². The molecule has 0 unspecified atom stereocenters. The second-order valence-corrected chi connectivity index (χ2v) is 7.43. The predicted octanol–water partition coefficient (Wildman–Crippen LogP) is 1.45. The van der Waals surface area contributed by atoms with Gasteiger partial charge in [0.15, 0.2) is 0 Å². The first-order valence-electron chi connectivity index (χ1n) is 6.51. The van der Waals surface area contributed by atoms with E-state index >= 15 is 0 Å². The number of nitrogens with one attached hydrogen (secondary N) is 1. The zero-order chi connectivity index (χ0) is 14.8. The number of hydrogen-bond acceptors (Lipinski definition) is 3. The van der Waals surface area contributed by atoms with E-state index in [9.17, 15) is 4.79 Å². The topological polar surface area (TPSA) is 58.4 Å². The van der Waals surface area contributed by atoms with Crippen molar-refractivity contribution in [1.29, 1.82) is 0 Å². The fourth-order valence-corrected chi connectivity index (χ4v) is 1.75. The molecule has 0 aliphatic carbocycles. The van der Waals surface area contributed by atoms with Gasteiger partial charge in [0.05, 0.1) is 5.41 Å². The Balaban J connectivity index is 4.52. The summed E-state index contributed by atoms with van der Waals surface area (Å²) in [7, 11) is 4.08. The lowest BCUT2D eigenvalue weighted by Crippen LogP contribution is -2.56. The van der Waals surface area contributed by atoms with Crippen LogP contribution in [-0.2, 0) is 4.79 Å². The molecule has 108 valence electrons. The van der Waals surface area contributed by atoms with Gasteiger partial charge in [-0.3, -0.25) is 4.79 Å². The maximum absolute atomic E-state index is 12.2. The average Bonchev–Trinajstić information content (AvgIpc) is 2.10. The van der Waals surface area contributed by atoms with Gasteiger partial charge in [0, 0.05) is 18.6 Å². The van der Waals surface area contributed by atoms with E-state index < -0.39 is 11.0 Å². The van der Waals surface area contributed by atoms with Gasteiger partial charge in [-0.1, -0.05) is 13.8 Å². The normalized spacial score (nSPS) is 13.9. The Hall–Kier alpha value is -0.610. The highest BCUT2D eigenvalue weighted by Crippen LogP contribution is 2.28. The molecule has 0 aliphatic heterocycles. The van der Waals surface area contributed by atoms with E-state index in [0.29, 0.717) is 6.54 Å². The molecule has 0 bridgehead atoms. The summed E-state index contributed by atoms with van der Waals surface area (Å²) in [4.78, 5) is 14.4. The summed E-state index contributed by atoms with van der Waals surface area (Å²) >= 11 is 0. The van der Waals surface area contributed by atoms with Crippen LogP contribution in [0.5, 0.6) is 0 Å². The SMILES string of the molecule is CN(C)CC(C)(C)CNC(=O)C(C)(C)C(C)(C)N. The molecule has 3 N–H and O–H groups in total. The Morgan fingerprint density at radius 1 is 1.11 bits per heavy atom. The highest BCUT2D eigenvalue weighted by molar-refractivity contribution is 5.83. The molecule has 18 heavy (non-hydrogen) atoms. The summed E-state index contributed by atoms with van der Waals surface area (Å²) in [5, 5.41) is 3.03. The lowest BCUT2D eigenvalue weighted by atomic mass is 9.74. The minimum atomic E-state index is -0.582. The van der Waals surface area contributed by atoms with Gasteiger partial charge in [0.25, 0.3) is 0 Å². The Bertz CT molecular complexity index is 288. The summed E-state index contributed by atoms with van der Waals surface area (Å²) < 4.78 is 0. The number of rotatable bonds is 6. The smallest absolute Gasteiger partial charge is 0.227 e. The minimum absolute atomic E-state index is 0.0156. The minimum Gasteiger partial charge on any atom is -0.355 e. The molecule has 0 aliphatic rings. The number of hydrogen-bond donors (Lipinski definition) is 2. The fourth-order valence-electron chi connectivity index (χ4n) is 1.75. The van der Waals surface area contributed by atoms with Gasteiger partial charge in [-0.15, -0.1) is 0 Å². The molecule has 0 saturated carbocycles. The number of nitrogens with zero attached hydrogens (tertiary/aromatic N) is 1. The quantitative estimate of drug-likeness (QED) is 0.757. The molecule has 0 rings (SSSR count). The molecule has 0 atom stereocenters. The van der Waals surface area contributed by atoms with Crippen molar-refractivity contribution >= 4 is 5.91 Å². The Kier molecular flexibility index (Phi) is 5.39. The molecule has 0 radical (unpaired) electrons. The lowest BCUT2D eigenvalue weighted by Gasteiger charge is -2.38. The van der Waals surface area contributed by atoms with Crippen LogP contribution in [0.1, 0.15) is 41.5 Å². The van der Waals surface area contributed by atoms with E-state index in [1.54, 1.807) is 0 Å². The average molecular weight is 257 g/mol. The lowest BCUT2D eigenvalue weighted by molar-refractivity contribution is -0.132. The van der Waals surface area contributed by atoms with Gasteiger partial charge < -0.3 is 16.0 Å². The molecule has 0 heterocycles. The third-order valence-corrected chi connectivity index (χ3v) is 3.65. The zero-order valence-corrected chi connectivity index (χ0v) is 13.3. The monoisotopic (exact) mass is 257 g/mol. The van der Waals surface area contributed by atoms with Crippen molar-refractivity contribution in [2.45, 2.75) is 47.1 Å². The van der Waals surface area contributed by atoms with Gasteiger partial charge in [0.2, 0.25) is 5.91 Å². The largest absolute Gasteiger partial charge is 0.355 e. The van der Waals surface area contributed by atoms with Crippen LogP contribution in [0.15, 0.2) is 0 Å². The van der Waals surface area contributed by atoms with Crippen LogP contribution < -0.4 is 11.1 Å². The third kappa shape index (κ3) is 4.94. The Morgan fingerprint density at radius 2 is 1.56 bits per heavy atom. The van der Waals surface area contributed by atoms with E-state index in [-0.39, 0.29) is 11.3 Å². The van der Waals surface area contributed by atoms with Gasteiger partial charge >= 0.3 is 0 Å². The first-order valence-corrected chi connectivity index (χ1v) is 6.51. The van der Waals surface area contributed by atoms with Crippen LogP contribution in [-0.4, -0.2) is 43.5 Å². The van der Waals surface area contributed by atoms with E-state index in [1.165, 1.54) is 0 Å². The van der Waals surface area contributed by atoms with E-state index in [1.807, 2.05) is 41.8 Å². The Labute approximate surface area is 112 Å². The van der Waals surface area contributed by atoms with E-state index in [2.05, 4.69) is 24.1 Å². The number of nitrogens with two attached hydrogens (primary N) is 1. The fraction of sp³-hybridized carbons (Fsp3) is 0.929. The molecule has 4 nitrogen and oxygen atoms in total. The van der Waals surface area contributed by atoms with Crippen molar-refractivity contribution in [2.24, 2.45) is 16.6 Å². The van der Waals surface area contributed by atoms with Crippen LogP contribution in [0, 0.1) is 10.8 Å². The summed E-state index contributed by atoms with van der Waals surface area (Å²) in [5.41, 5.74) is 4.99. The summed E-state index contributed by atoms with van der Waals surface area (Å²) in [6.45, 7) is 13.4. The number of carbonyl (C=O) groups is 1. The number of carbonyl (C=O) groups excluding carboxylic acids is 1. The Morgan fingerprint density at radius 3 is 1.89 bits per heavy atom. The highest BCUT2D eigenvalue weighted by atomic mass is 16.2. The van der Waals surface area contributed by atoms with Gasteiger partial charge in [-0.2, -0.15) is 0 Å². The maximum Gasteiger partial charge on any atom is 0.227 e. The van der Waals surface area contributed by atoms with Gasteiger partial charge in [0.1, 0.15) is 0 Å². The predicted molar refractivity (Wildman–Crippen MR) is 77.4 cm³/mol. The standard InChI is InChI=1S/C14H31N3O/c1-12(2,10-17(7)8)9-16-11(18)13(3,4)14(5,6)15/h9-10,15H2,1-8H3,(H,16,18). The summed E-state index contributed by atoms with van der Waals surface area (Å²) in [6, 6.07) is 0. The second kappa shape index (κ2) is 5.57. The second-order valence-electron chi connectivity index (χ2n) is 7.43. The first-order chi connectivity index (χ1) is 7.79. The molecule has 0 spiro atoms. The molecule has 0 aromatic heterocycles. The van der Waals surface area contributed by atoms with Crippen LogP contribution in [0.3, 0.4) is 0 Å².